The highest BCUT2D eigenvalue weighted by Gasteiger charge is 2.21. The van der Waals surface area contributed by atoms with Crippen molar-refractivity contribution in [2.45, 2.75) is 0 Å². The first kappa shape index (κ1) is 13.9. The minimum absolute atomic E-state index is 0.0467. The molecule has 0 fully saturated rings. The van der Waals surface area contributed by atoms with Crippen LogP contribution in [0.2, 0.25) is 10.0 Å². The molecule has 0 aliphatic carbocycles. The summed E-state index contributed by atoms with van der Waals surface area (Å²) in [6, 6.07) is 6.38. The molecule has 2 heterocycles. The van der Waals surface area contributed by atoms with Crippen LogP contribution in [0.1, 0.15) is 0 Å². The van der Waals surface area contributed by atoms with Crippen LogP contribution in [-0.4, -0.2) is 10.1 Å². The van der Waals surface area contributed by atoms with E-state index in [1.165, 1.54) is 12.3 Å². The number of pyridine rings is 1. The normalized spacial score (nSPS) is 10.8. The van der Waals surface area contributed by atoms with Gasteiger partial charge in [-0.3, -0.25) is 4.98 Å². The van der Waals surface area contributed by atoms with Gasteiger partial charge in [-0.25, -0.2) is 4.39 Å². The summed E-state index contributed by atoms with van der Waals surface area (Å²) in [6.45, 7) is 0. The Hall–Kier alpha value is -2.11. The molecule has 0 radical (unpaired) electrons. The highest BCUT2D eigenvalue weighted by molar-refractivity contribution is 6.36. The summed E-state index contributed by atoms with van der Waals surface area (Å²) in [6.07, 6.45) is 2.55. The quantitative estimate of drug-likeness (QED) is 0.757. The van der Waals surface area contributed by atoms with Crippen LogP contribution in [0, 0.1) is 5.82 Å². The standard InChI is InChI=1S/C14H8Cl2FN3O/c15-7-1-2-8(10(16)5-7)12-13(20-21-14(12)18)9-3-4-19-6-11(9)17/h1-6H,18H2. The average molecular weight is 324 g/mol. The Labute approximate surface area is 129 Å². The molecule has 3 rings (SSSR count). The number of nitrogens with two attached hydrogens (primary N) is 1. The zero-order chi connectivity index (χ0) is 15.0. The zero-order valence-corrected chi connectivity index (χ0v) is 12.0. The molecule has 2 N–H and O–H groups in total. The molecule has 0 spiro atoms. The number of nitrogens with zero attached hydrogens (tertiary/aromatic N) is 2. The van der Waals surface area contributed by atoms with Crippen LogP contribution in [0.5, 0.6) is 0 Å². The molecule has 0 aliphatic rings. The largest absolute Gasteiger partial charge is 0.367 e. The third-order valence-corrected chi connectivity index (χ3v) is 3.49. The Bertz CT molecular complexity index is 820. The molecule has 4 nitrogen and oxygen atoms in total. The summed E-state index contributed by atoms with van der Waals surface area (Å²) in [5.41, 5.74) is 7.28. The summed E-state index contributed by atoms with van der Waals surface area (Å²) in [7, 11) is 0. The van der Waals surface area contributed by atoms with Crippen LogP contribution in [0.3, 0.4) is 0 Å². The van der Waals surface area contributed by atoms with Gasteiger partial charge in [0, 0.05) is 22.3 Å². The number of benzene rings is 1. The molecule has 7 heteroatoms. The van der Waals surface area contributed by atoms with Gasteiger partial charge in [0.2, 0.25) is 5.88 Å². The Kier molecular flexibility index (Phi) is 3.53. The third-order valence-electron chi connectivity index (χ3n) is 2.95. The van der Waals surface area contributed by atoms with E-state index in [2.05, 4.69) is 10.1 Å². The fourth-order valence-corrected chi connectivity index (χ4v) is 2.51. The number of hydrogen-bond donors (Lipinski definition) is 1. The molecule has 0 atom stereocenters. The van der Waals surface area contributed by atoms with Gasteiger partial charge in [0.15, 0.2) is 5.82 Å². The topological polar surface area (TPSA) is 64.9 Å². The van der Waals surface area contributed by atoms with Crippen molar-refractivity contribution in [2.24, 2.45) is 0 Å². The predicted octanol–water partition coefficient (Wildman–Crippen LogP) is 4.43. The highest BCUT2D eigenvalue weighted by atomic mass is 35.5. The van der Waals surface area contributed by atoms with Gasteiger partial charge in [-0.15, -0.1) is 0 Å². The number of nitrogen functional groups attached to an aromatic ring is 1. The molecule has 0 unspecified atom stereocenters. The maximum absolute atomic E-state index is 13.9. The summed E-state index contributed by atoms with van der Waals surface area (Å²) >= 11 is 12.1. The zero-order valence-electron chi connectivity index (χ0n) is 10.5. The van der Waals surface area contributed by atoms with Crippen LogP contribution < -0.4 is 5.73 Å². The minimum Gasteiger partial charge on any atom is -0.367 e. The lowest BCUT2D eigenvalue weighted by molar-refractivity contribution is 0.439. The minimum atomic E-state index is -0.530. The van der Waals surface area contributed by atoms with Crippen molar-refractivity contribution in [3.8, 4) is 22.4 Å². The van der Waals surface area contributed by atoms with Crippen molar-refractivity contribution in [2.75, 3.05) is 5.73 Å². The Balaban J connectivity index is 2.25. The van der Waals surface area contributed by atoms with Crippen LogP contribution in [-0.2, 0) is 0 Å². The maximum Gasteiger partial charge on any atom is 0.230 e. The third kappa shape index (κ3) is 2.46. The Morgan fingerprint density at radius 1 is 1.14 bits per heavy atom. The van der Waals surface area contributed by atoms with E-state index in [1.54, 1.807) is 18.2 Å². The van der Waals surface area contributed by atoms with Gasteiger partial charge in [0.1, 0.15) is 5.69 Å². The predicted molar refractivity (Wildman–Crippen MR) is 79.6 cm³/mol. The first-order valence-corrected chi connectivity index (χ1v) is 6.64. The molecule has 2 aromatic heterocycles. The van der Waals surface area contributed by atoms with Gasteiger partial charge in [0.25, 0.3) is 0 Å². The first-order chi connectivity index (χ1) is 10.1. The fourth-order valence-electron chi connectivity index (χ4n) is 2.01. The molecular weight excluding hydrogens is 316 g/mol. The van der Waals surface area contributed by atoms with Gasteiger partial charge < -0.3 is 10.3 Å². The molecule has 0 bridgehead atoms. The molecule has 0 saturated carbocycles. The van der Waals surface area contributed by atoms with Gasteiger partial charge in [-0.2, -0.15) is 0 Å². The second-order valence-electron chi connectivity index (χ2n) is 4.25. The van der Waals surface area contributed by atoms with Crippen LogP contribution >= 0.6 is 23.2 Å². The number of rotatable bonds is 2. The van der Waals surface area contributed by atoms with Gasteiger partial charge >= 0.3 is 0 Å². The van der Waals surface area contributed by atoms with Gasteiger partial charge in [-0.05, 0) is 18.2 Å². The Morgan fingerprint density at radius 2 is 1.95 bits per heavy atom. The van der Waals surface area contributed by atoms with E-state index >= 15 is 0 Å². The summed E-state index contributed by atoms with van der Waals surface area (Å²) in [5, 5.41) is 4.68. The number of aromatic nitrogens is 2. The van der Waals surface area contributed by atoms with E-state index in [0.717, 1.165) is 6.20 Å². The second-order valence-corrected chi connectivity index (χ2v) is 5.09. The van der Waals surface area contributed by atoms with Crippen molar-refractivity contribution in [1.82, 2.24) is 10.1 Å². The average Bonchev–Trinajstić information content (AvgIpc) is 2.81. The number of anilines is 1. The molecule has 3 aromatic rings. The van der Waals surface area contributed by atoms with E-state index in [-0.39, 0.29) is 17.1 Å². The van der Waals surface area contributed by atoms with Crippen molar-refractivity contribution in [3.63, 3.8) is 0 Å². The summed E-state index contributed by atoms with van der Waals surface area (Å²) in [5.74, 6) is -0.484. The smallest absolute Gasteiger partial charge is 0.230 e. The van der Waals surface area contributed by atoms with Crippen molar-refractivity contribution < 1.29 is 8.91 Å². The second kappa shape index (κ2) is 5.35. The Morgan fingerprint density at radius 3 is 2.67 bits per heavy atom. The SMILES string of the molecule is Nc1onc(-c2ccncc2F)c1-c1ccc(Cl)cc1Cl. The van der Waals surface area contributed by atoms with Crippen molar-refractivity contribution in [1.29, 1.82) is 0 Å². The van der Waals surface area contributed by atoms with Crippen LogP contribution in [0.25, 0.3) is 22.4 Å². The molecule has 0 amide bonds. The number of hydrogen-bond acceptors (Lipinski definition) is 4. The molecule has 0 aliphatic heterocycles. The maximum atomic E-state index is 13.9. The molecule has 1 aromatic carbocycles. The fraction of sp³-hybridized carbons (Fsp3) is 0. The van der Waals surface area contributed by atoms with Crippen LogP contribution in [0.4, 0.5) is 10.3 Å². The van der Waals surface area contributed by atoms with E-state index in [9.17, 15) is 4.39 Å². The lowest BCUT2D eigenvalue weighted by Crippen LogP contribution is -1.91. The molecular formula is C14H8Cl2FN3O. The molecule has 21 heavy (non-hydrogen) atoms. The lowest BCUT2D eigenvalue weighted by Gasteiger charge is -2.06. The first-order valence-electron chi connectivity index (χ1n) is 5.88. The van der Waals surface area contributed by atoms with E-state index < -0.39 is 5.82 Å². The lowest BCUT2D eigenvalue weighted by atomic mass is 10.0. The summed E-state index contributed by atoms with van der Waals surface area (Å²) in [4.78, 5) is 3.70. The van der Waals surface area contributed by atoms with Crippen molar-refractivity contribution >= 4 is 29.1 Å². The van der Waals surface area contributed by atoms with Gasteiger partial charge in [-0.1, -0.05) is 34.4 Å². The van der Waals surface area contributed by atoms with Crippen molar-refractivity contribution in [3.05, 3.63) is 52.5 Å². The highest BCUT2D eigenvalue weighted by Crippen LogP contribution is 2.40. The monoisotopic (exact) mass is 323 g/mol. The number of halogens is 3. The summed E-state index contributed by atoms with van der Waals surface area (Å²) < 4.78 is 18.9. The van der Waals surface area contributed by atoms with E-state index in [0.29, 0.717) is 21.2 Å². The van der Waals surface area contributed by atoms with E-state index in [1.807, 2.05) is 0 Å². The van der Waals surface area contributed by atoms with E-state index in [4.69, 9.17) is 33.5 Å². The van der Waals surface area contributed by atoms with Gasteiger partial charge in [0.05, 0.1) is 16.8 Å². The molecule has 0 saturated heterocycles. The van der Waals surface area contributed by atoms with Crippen LogP contribution in [0.15, 0.2) is 41.2 Å². The molecule has 106 valence electrons.